The predicted molar refractivity (Wildman–Crippen MR) is 60.5 cm³/mol. The van der Waals surface area contributed by atoms with Gasteiger partial charge in [-0.1, -0.05) is 0 Å². The van der Waals surface area contributed by atoms with Crippen LogP contribution in [0.25, 0.3) is 0 Å². The largest absolute Gasteiger partial charge is 0.477 e. The highest BCUT2D eigenvalue weighted by Crippen LogP contribution is 2.38. The molecule has 0 amide bonds. The van der Waals surface area contributed by atoms with Crippen LogP contribution in [0.2, 0.25) is 0 Å². The number of hydrogen-bond acceptors (Lipinski definition) is 6. The summed E-state index contributed by atoms with van der Waals surface area (Å²) in [4.78, 5) is 24.5. The summed E-state index contributed by atoms with van der Waals surface area (Å²) >= 11 is 0. The Hall–Kier alpha value is -2.22. The van der Waals surface area contributed by atoms with Crippen LogP contribution in [0.3, 0.4) is 0 Å². The van der Waals surface area contributed by atoms with Gasteiger partial charge in [-0.2, -0.15) is 0 Å². The van der Waals surface area contributed by atoms with Gasteiger partial charge in [0.25, 0.3) is 0 Å². The van der Waals surface area contributed by atoms with E-state index in [9.17, 15) is 14.9 Å². The van der Waals surface area contributed by atoms with Crippen molar-refractivity contribution < 1.29 is 19.9 Å². The minimum atomic E-state index is -1.39. The Bertz CT molecular complexity index is 512. The zero-order valence-corrected chi connectivity index (χ0v) is 9.29. The van der Waals surface area contributed by atoms with Gasteiger partial charge in [-0.05, 0) is 12.8 Å². The number of hydrogen-bond donors (Lipinski definition) is 3. The van der Waals surface area contributed by atoms with Crippen LogP contribution in [0.5, 0.6) is 0 Å². The second kappa shape index (κ2) is 4.22. The quantitative estimate of drug-likeness (QED) is 0.518. The summed E-state index contributed by atoms with van der Waals surface area (Å²) in [6, 6.07) is 1.11. The summed E-state index contributed by atoms with van der Waals surface area (Å²) in [5, 5.41) is 31.6. The number of carboxylic acid groups (broad SMARTS) is 1. The van der Waals surface area contributed by atoms with Gasteiger partial charge in [-0.25, -0.2) is 9.78 Å². The van der Waals surface area contributed by atoms with Gasteiger partial charge in [0.2, 0.25) is 0 Å². The number of aromatic carboxylic acids is 1. The molecule has 1 aromatic heterocycles. The van der Waals surface area contributed by atoms with Crippen LogP contribution in [-0.4, -0.2) is 38.2 Å². The highest BCUT2D eigenvalue weighted by molar-refractivity contribution is 5.93. The number of rotatable bonds is 5. The smallest absolute Gasteiger partial charge is 0.342 e. The van der Waals surface area contributed by atoms with Gasteiger partial charge < -0.3 is 15.5 Å². The number of carboxylic acids is 1. The standard InChI is InChI=1S/C10H11N3O5/c14-5-10(1-2-10)12-8-3-6(9(15)16)7(4-11-8)13(17)18/h3-4,14H,1-2,5H2,(H,11,12)(H,15,16). The van der Waals surface area contributed by atoms with E-state index in [1.807, 2.05) is 0 Å². The van der Waals surface area contributed by atoms with Crippen molar-refractivity contribution >= 4 is 17.5 Å². The molecule has 8 nitrogen and oxygen atoms in total. The number of anilines is 1. The molecule has 1 heterocycles. The third-order valence-electron chi connectivity index (χ3n) is 2.86. The van der Waals surface area contributed by atoms with Crippen molar-refractivity contribution in [2.75, 3.05) is 11.9 Å². The fourth-order valence-corrected chi connectivity index (χ4v) is 1.58. The van der Waals surface area contributed by atoms with Gasteiger partial charge in [0.1, 0.15) is 17.6 Å². The molecule has 96 valence electrons. The molecule has 0 bridgehead atoms. The summed E-state index contributed by atoms with van der Waals surface area (Å²) in [6.45, 7) is -0.0892. The molecule has 1 aliphatic rings. The van der Waals surface area contributed by atoms with Gasteiger partial charge in [0.15, 0.2) is 0 Å². The molecule has 0 unspecified atom stereocenters. The number of aromatic nitrogens is 1. The van der Waals surface area contributed by atoms with Crippen molar-refractivity contribution in [3.05, 3.63) is 27.9 Å². The van der Waals surface area contributed by atoms with Crippen molar-refractivity contribution in [3.8, 4) is 0 Å². The summed E-state index contributed by atoms with van der Waals surface area (Å²) in [6.07, 6.45) is 2.41. The molecule has 1 fully saturated rings. The van der Waals surface area contributed by atoms with Gasteiger partial charge in [-0.15, -0.1) is 0 Å². The lowest BCUT2D eigenvalue weighted by Crippen LogP contribution is -2.26. The molecular weight excluding hydrogens is 242 g/mol. The second-order valence-electron chi connectivity index (χ2n) is 4.21. The zero-order chi connectivity index (χ0) is 13.3. The Kier molecular flexibility index (Phi) is 2.87. The molecule has 0 aromatic carbocycles. The predicted octanol–water partition coefficient (Wildman–Crippen LogP) is 0.625. The number of aliphatic hydroxyl groups is 1. The molecule has 8 heteroatoms. The van der Waals surface area contributed by atoms with Crippen LogP contribution in [0, 0.1) is 10.1 Å². The van der Waals surface area contributed by atoms with Crippen LogP contribution >= 0.6 is 0 Å². The van der Waals surface area contributed by atoms with Crippen LogP contribution in [0.15, 0.2) is 12.3 Å². The Labute approximate surface area is 101 Å². The monoisotopic (exact) mass is 253 g/mol. The van der Waals surface area contributed by atoms with Crippen LogP contribution < -0.4 is 5.32 Å². The van der Waals surface area contributed by atoms with E-state index in [1.165, 1.54) is 0 Å². The highest BCUT2D eigenvalue weighted by atomic mass is 16.6. The first-order chi connectivity index (χ1) is 8.47. The number of pyridine rings is 1. The van der Waals surface area contributed by atoms with E-state index in [0.717, 1.165) is 25.1 Å². The summed E-state index contributed by atoms with van der Waals surface area (Å²) in [5.41, 5.74) is -1.44. The Morgan fingerprint density at radius 2 is 2.28 bits per heavy atom. The van der Waals surface area contributed by atoms with E-state index in [2.05, 4.69) is 10.3 Å². The maximum absolute atomic E-state index is 10.9. The first-order valence-corrected chi connectivity index (χ1v) is 5.24. The van der Waals surface area contributed by atoms with Crippen LogP contribution in [0.4, 0.5) is 11.5 Å². The Morgan fingerprint density at radius 1 is 1.61 bits per heavy atom. The van der Waals surface area contributed by atoms with E-state index in [4.69, 9.17) is 10.2 Å². The van der Waals surface area contributed by atoms with Gasteiger partial charge in [0.05, 0.1) is 17.1 Å². The number of nitro groups is 1. The lowest BCUT2D eigenvalue weighted by Gasteiger charge is -2.14. The lowest BCUT2D eigenvalue weighted by atomic mass is 10.2. The second-order valence-corrected chi connectivity index (χ2v) is 4.21. The first-order valence-electron chi connectivity index (χ1n) is 5.24. The third-order valence-corrected chi connectivity index (χ3v) is 2.86. The van der Waals surface area contributed by atoms with Gasteiger partial charge in [-0.3, -0.25) is 10.1 Å². The average Bonchev–Trinajstić information content (AvgIpc) is 3.09. The van der Waals surface area contributed by atoms with Crippen LogP contribution in [-0.2, 0) is 0 Å². The normalized spacial score (nSPS) is 16.1. The minimum absolute atomic E-state index is 0.0892. The molecule has 1 aromatic rings. The maximum atomic E-state index is 10.9. The molecule has 0 spiro atoms. The number of carbonyl (C=O) groups is 1. The zero-order valence-electron chi connectivity index (χ0n) is 9.29. The Balaban J connectivity index is 2.31. The number of nitrogens with zero attached hydrogens (tertiary/aromatic N) is 2. The molecule has 0 aliphatic heterocycles. The Morgan fingerprint density at radius 3 is 2.72 bits per heavy atom. The fourth-order valence-electron chi connectivity index (χ4n) is 1.58. The highest BCUT2D eigenvalue weighted by Gasteiger charge is 2.42. The number of nitrogens with one attached hydrogen (secondary N) is 1. The molecule has 0 saturated heterocycles. The maximum Gasteiger partial charge on any atom is 0.342 e. The third kappa shape index (κ3) is 2.23. The molecular formula is C10H11N3O5. The fraction of sp³-hybridized carbons (Fsp3) is 0.400. The molecule has 1 saturated carbocycles. The van der Waals surface area contributed by atoms with E-state index < -0.39 is 27.7 Å². The van der Waals surface area contributed by atoms with Gasteiger partial charge >= 0.3 is 11.7 Å². The van der Waals surface area contributed by atoms with E-state index in [-0.39, 0.29) is 12.4 Å². The van der Waals surface area contributed by atoms with E-state index in [0.29, 0.717) is 0 Å². The van der Waals surface area contributed by atoms with Gasteiger partial charge in [0, 0.05) is 6.07 Å². The average molecular weight is 253 g/mol. The summed E-state index contributed by atoms with van der Waals surface area (Å²) < 4.78 is 0. The molecule has 0 atom stereocenters. The topological polar surface area (TPSA) is 126 Å². The van der Waals surface area contributed by atoms with E-state index >= 15 is 0 Å². The molecule has 3 N–H and O–H groups in total. The molecule has 18 heavy (non-hydrogen) atoms. The summed E-state index contributed by atoms with van der Waals surface area (Å²) in [5.74, 6) is -1.18. The molecule has 0 radical (unpaired) electrons. The van der Waals surface area contributed by atoms with Crippen molar-refractivity contribution in [2.45, 2.75) is 18.4 Å². The minimum Gasteiger partial charge on any atom is -0.477 e. The SMILES string of the molecule is O=C(O)c1cc(NC2(CO)CC2)ncc1[N+](=O)[O-]. The van der Waals surface area contributed by atoms with Crippen molar-refractivity contribution in [3.63, 3.8) is 0 Å². The number of aliphatic hydroxyl groups excluding tert-OH is 1. The lowest BCUT2D eigenvalue weighted by molar-refractivity contribution is -0.385. The van der Waals surface area contributed by atoms with Crippen LogP contribution in [0.1, 0.15) is 23.2 Å². The molecule has 1 aliphatic carbocycles. The molecule has 2 rings (SSSR count). The van der Waals surface area contributed by atoms with Crippen molar-refractivity contribution in [1.82, 2.24) is 4.98 Å². The first kappa shape index (κ1) is 12.2. The summed E-state index contributed by atoms with van der Waals surface area (Å²) in [7, 11) is 0. The van der Waals surface area contributed by atoms with E-state index in [1.54, 1.807) is 0 Å². The van der Waals surface area contributed by atoms with Crippen molar-refractivity contribution in [1.29, 1.82) is 0 Å². The van der Waals surface area contributed by atoms with Crippen molar-refractivity contribution in [2.24, 2.45) is 0 Å².